The van der Waals surface area contributed by atoms with Crippen LogP contribution in [0.5, 0.6) is 0 Å². The number of anilines is 2. The smallest absolute Gasteiger partial charge is 0.125 e. The third-order valence-electron chi connectivity index (χ3n) is 0.983. The first kappa shape index (κ1) is 6.10. The van der Waals surface area contributed by atoms with Crippen molar-refractivity contribution in [2.75, 3.05) is 11.5 Å². The van der Waals surface area contributed by atoms with Crippen LogP contribution in [0.4, 0.5) is 11.5 Å². The molecule has 0 aliphatic rings. The van der Waals surface area contributed by atoms with Gasteiger partial charge in [0.2, 0.25) is 0 Å². The van der Waals surface area contributed by atoms with Crippen molar-refractivity contribution in [3.05, 3.63) is 16.8 Å². The molecule has 1 heterocycles. The lowest BCUT2D eigenvalue weighted by Crippen LogP contribution is -1.96. The summed E-state index contributed by atoms with van der Waals surface area (Å²) in [5.74, 6) is 0.433. The molecule has 0 aliphatic carbocycles. The number of nitrogens with one attached hydrogen (secondary N) is 1. The van der Waals surface area contributed by atoms with Crippen LogP contribution in [-0.2, 0) is 0 Å². The normalized spacial score (nSPS) is 9.33. The van der Waals surface area contributed by atoms with Crippen LogP contribution >= 0.6 is 12.2 Å². The average molecular weight is 141 g/mol. The van der Waals surface area contributed by atoms with E-state index in [9.17, 15) is 0 Å². The van der Waals surface area contributed by atoms with E-state index in [1.165, 1.54) is 0 Å². The van der Waals surface area contributed by atoms with Crippen molar-refractivity contribution in [3.63, 3.8) is 0 Å². The zero-order valence-corrected chi connectivity index (χ0v) is 5.53. The van der Waals surface area contributed by atoms with E-state index in [4.69, 9.17) is 23.7 Å². The maximum Gasteiger partial charge on any atom is 0.125 e. The van der Waals surface area contributed by atoms with Crippen molar-refractivity contribution in [1.29, 1.82) is 0 Å². The largest absolute Gasteiger partial charge is 0.396 e. The van der Waals surface area contributed by atoms with Crippen molar-refractivity contribution in [1.82, 2.24) is 4.98 Å². The Kier molecular flexibility index (Phi) is 1.40. The number of aromatic amines is 1. The summed E-state index contributed by atoms with van der Waals surface area (Å²) in [4.78, 5) is 2.71. The Bertz CT molecular complexity index is 265. The number of nitrogen functional groups attached to an aromatic ring is 2. The van der Waals surface area contributed by atoms with E-state index in [1.54, 1.807) is 12.1 Å². The number of aromatic nitrogens is 1. The minimum absolute atomic E-state index is 0.433. The summed E-state index contributed by atoms with van der Waals surface area (Å²) in [5.41, 5.74) is 11.3. The highest BCUT2D eigenvalue weighted by atomic mass is 32.1. The Balaban J connectivity index is 3.34. The quantitative estimate of drug-likeness (QED) is 0.470. The molecule has 3 nitrogen and oxygen atoms in total. The number of hydrogen-bond donors (Lipinski definition) is 3. The van der Waals surface area contributed by atoms with Gasteiger partial charge in [-0.1, -0.05) is 12.2 Å². The van der Waals surface area contributed by atoms with Crippen molar-refractivity contribution < 1.29 is 0 Å². The van der Waals surface area contributed by atoms with Gasteiger partial charge in [-0.05, 0) is 12.1 Å². The second-order valence-electron chi connectivity index (χ2n) is 1.69. The molecule has 0 aliphatic heterocycles. The van der Waals surface area contributed by atoms with Crippen molar-refractivity contribution in [2.24, 2.45) is 0 Å². The van der Waals surface area contributed by atoms with Crippen LogP contribution < -0.4 is 11.5 Å². The van der Waals surface area contributed by atoms with Crippen molar-refractivity contribution >= 4 is 23.7 Å². The first-order valence-corrected chi connectivity index (χ1v) is 2.85. The average Bonchev–Trinajstić information content (AvgIpc) is 1.80. The third-order valence-corrected chi connectivity index (χ3v) is 1.22. The summed E-state index contributed by atoms with van der Waals surface area (Å²) in [6.45, 7) is 0. The van der Waals surface area contributed by atoms with E-state index in [1.807, 2.05) is 0 Å². The summed E-state index contributed by atoms with van der Waals surface area (Å²) < 4.78 is 0.599. The summed E-state index contributed by atoms with van der Waals surface area (Å²) in [6.07, 6.45) is 0. The number of nitrogens with two attached hydrogens (primary N) is 2. The Labute approximate surface area is 57.7 Å². The summed E-state index contributed by atoms with van der Waals surface area (Å²) in [5, 5.41) is 0. The van der Waals surface area contributed by atoms with Gasteiger partial charge >= 0.3 is 0 Å². The Morgan fingerprint density at radius 3 is 2.44 bits per heavy atom. The monoisotopic (exact) mass is 141 g/mol. The van der Waals surface area contributed by atoms with Crippen LogP contribution in [0, 0.1) is 4.64 Å². The van der Waals surface area contributed by atoms with Crippen LogP contribution in [-0.4, -0.2) is 4.98 Å². The zero-order valence-electron chi connectivity index (χ0n) is 4.72. The van der Waals surface area contributed by atoms with Gasteiger partial charge in [0.1, 0.15) is 10.5 Å². The number of hydrogen-bond acceptors (Lipinski definition) is 3. The fourth-order valence-corrected chi connectivity index (χ4v) is 0.680. The standard InChI is InChI=1S/C5H7N3S/c6-3-1-2-4(9)8-5(3)7/h1-2H,6H2,(H3,7,8,9). The zero-order chi connectivity index (χ0) is 6.85. The van der Waals surface area contributed by atoms with Crippen molar-refractivity contribution in [2.45, 2.75) is 0 Å². The topological polar surface area (TPSA) is 67.8 Å². The van der Waals surface area contributed by atoms with Crippen LogP contribution in [0.3, 0.4) is 0 Å². The Morgan fingerprint density at radius 2 is 2.00 bits per heavy atom. The fourth-order valence-electron chi connectivity index (χ4n) is 0.502. The van der Waals surface area contributed by atoms with Gasteiger partial charge in [0.15, 0.2) is 0 Å². The molecule has 5 N–H and O–H groups in total. The predicted octanol–water partition coefficient (Wildman–Crippen LogP) is 0.909. The molecule has 0 spiro atoms. The fraction of sp³-hybridized carbons (Fsp3) is 0. The molecule has 0 bridgehead atoms. The molecule has 0 atom stereocenters. The lowest BCUT2D eigenvalue weighted by molar-refractivity contribution is 1.31. The van der Waals surface area contributed by atoms with Gasteiger partial charge in [-0.25, -0.2) is 0 Å². The van der Waals surface area contributed by atoms with E-state index in [2.05, 4.69) is 4.98 Å². The lowest BCUT2D eigenvalue weighted by Gasteiger charge is -1.95. The van der Waals surface area contributed by atoms with Crippen LogP contribution in [0.1, 0.15) is 0 Å². The molecule has 4 heteroatoms. The second kappa shape index (κ2) is 2.06. The summed E-state index contributed by atoms with van der Waals surface area (Å²) in [7, 11) is 0. The number of pyridine rings is 1. The molecule has 0 radical (unpaired) electrons. The molecule has 0 fully saturated rings. The first-order valence-electron chi connectivity index (χ1n) is 2.44. The van der Waals surface area contributed by atoms with Crippen molar-refractivity contribution in [3.8, 4) is 0 Å². The van der Waals surface area contributed by atoms with Gasteiger partial charge in [-0.3, -0.25) is 0 Å². The van der Waals surface area contributed by atoms with E-state index in [-0.39, 0.29) is 0 Å². The minimum atomic E-state index is 0.433. The van der Waals surface area contributed by atoms with E-state index < -0.39 is 0 Å². The molecule has 1 aromatic heterocycles. The van der Waals surface area contributed by atoms with Crippen LogP contribution in [0.15, 0.2) is 12.1 Å². The molecule has 0 unspecified atom stereocenters. The lowest BCUT2D eigenvalue weighted by atomic mass is 10.4. The summed E-state index contributed by atoms with van der Waals surface area (Å²) in [6, 6.07) is 3.37. The maximum atomic E-state index is 5.39. The Hall–Kier alpha value is -1.03. The minimum Gasteiger partial charge on any atom is -0.396 e. The van der Waals surface area contributed by atoms with Gasteiger partial charge < -0.3 is 16.5 Å². The highest BCUT2D eigenvalue weighted by molar-refractivity contribution is 7.71. The van der Waals surface area contributed by atoms with Gasteiger partial charge in [-0.15, -0.1) is 0 Å². The highest BCUT2D eigenvalue weighted by Gasteiger charge is 1.88. The maximum absolute atomic E-state index is 5.39. The van der Waals surface area contributed by atoms with Gasteiger partial charge in [0.05, 0.1) is 5.69 Å². The molecular weight excluding hydrogens is 134 g/mol. The molecule has 1 rings (SSSR count). The first-order chi connectivity index (χ1) is 4.20. The molecule has 0 saturated carbocycles. The van der Waals surface area contributed by atoms with Gasteiger partial charge in [-0.2, -0.15) is 0 Å². The number of rotatable bonds is 0. The summed E-state index contributed by atoms with van der Waals surface area (Å²) >= 11 is 4.77. The molecule has 0 amide bonds. The molecule has 0 saturated heterocycles. The molecular formula is C5H7N3S. The molecule has 1 aromatic rings. The van der Waals surface area contributed by atoms with Gasteiger partial charge in [0, 0.05) is 0 Å². The SMILES string of the molecule is Nc1ccc(=S)[nH]c1N. The third kappa shape index (κ3) is 1.20. The van der Waals surface area contributed by atoms with E-state index in [0.29, 0.717) is 16.1 Å². The van der Waals surface area contributed by atoms with Crippen LogP contribution in [0.2, 0.25) is 0 Å². The molecule has 9 heavy (non-hydrogen) atoms. The predicted molar refractivity (Wildman–Crippen MR) is 40.5 cm³/mol. The van der Waals surface area contributed by atoms with Crippen LogP contribution in [0.25, 0.3) is 0 Å². The van der Waals surface area contributed by atoms with E-state index >= 15 is 0 Å². The number of H-pyrrole nitrogens is 1. The van der Waals surface area contributed by atoms with E-state index in [0.717, 1.165) is 0 Å². The Morgan fingerprint density at radius 1 is 1.33 bits per heavy atom. The molecule has 48 valence electrons. The highest BCUT2D eigenvalue weighted by Crippen LogP contribution is 2.07. The second-order valence-corrected chi connectivity index (χ2v) is 2.13. The van der Waals surface area contributed by atoms with Gasteiger partial charge in [0.25, 0.3) is 0 Å². The molecule has 0 aromatic carbocycles.